The van der Waals surface area contributed by atoms with Gasteiger partial charge < -0.3 is 10.1 Å². The zero-order valence-electron chi connectivity index (χ0n) is 8.43. The van der Waals surface area contributed by atoms with Gasteiger partial charge >= 0.3 is 0 Å². The first-order valence-electron chi connectivity index (χ1n) is 4.31. The van der Waals surface area contributed by atoms with E-state index in [0.29, 0.717) is 11.6 Å². The minimum Gasteiger partial charge on any atom is -0.496 e. The Hall–Kier alpha value is -0.740. The van der Waals surface area contributed by atoms with E-state index in [1.807, 2.05) is 13.0 Å². The van der Waals surface area contributed by atoms with Gasteiger partial charge in [0, 0.05) is 33.1 Å². The Bertz CT molecular complexity index is 382. The number of ether oxygens (including phenoxy) is 1. The highest BCUT2D eigenvalue weighted by atomic mass is 79.9. The topological polar surface area (TPSA) is 38.3 Å². The smallest absolute Gasteiger partial charge is 0.287 e. The molecule has 0 unspecified atom stereocenters. The fourth-order valence-corrected chi connectivity index (χ4v) is 1.52. The normalized spacial score (nSPS) is 9.87. The van der Waals surface area contributed by atoms with E-state index >= 15 is 0 Å². The highest BCUT2D eigenvalue weighted by Gasteiger charge is 2.07. The molecule has 0 spiro atoms. The average molecular weight is 293 g/mol. The molecule has 1 amide bonds. The fourth-order valence-electron chi connectivity index (χ4n) is 1.19. The summed E-state index contributed by atoms with van der Waals surface area (Å²) in [7, 11) is 1.59. The molecule has 5 heteroatoms. The Morgan fingerprint density at radius 2 is 2.27 bits per heavy atom. The van der Waals surface area contributed by atoms with Crippen molar-refractivity contribution in [2.45, 2.75) is 13.5 Å². The van der Waals surface area contributed by atoms with Crippen LogP contribution in [0.5, 0.6) is 5.75 Å². The van der Waals surface area contributed by atoms with Gasteiger partial charge in [-0.25, -0.2) is 0 Å². The number of hydrogen-bond acceptors (Lipinski definition) is 2. The van der Waals surface area contributed by atoms with Crippen LogP contribution in [-0.2, 0) is 6.54 Å². The van der Waals surface area contributed by atoms with Crippen molar-refractivity contribution in [3.63, 3.8) is 0 Å². The Morgan fingerprint density at radius 1 is 1.60 bits per heavy atom. The Balaban J connectivity index is 2.94. The van der Waals surface area contributed by atoms with Crippen molar-refractivity contribution in [2.24, 2.45) is 0 Å². The number of benzene rings is 1. The summed E-state index contributed by atoms with van der Waals surface area (Å²) in [6.45, 7) is 2.28. The van der Waals surface area contributed by atoms with Crippen LogP contribution in [-0.4, -0.2) is 11.9 Å². The molecular formula is C10H11BrClNO2. The molecule has 0 aliphatic carbocycles. The van der Waals surface area contributed by atoms with E-state index in [0.717, 1.165) is 16.9 Å². The summed E-state index contributed by atoms with van der Waals surface area (Å²) in [6, 6.07) is 3.64. The maximum absolute atomic E-state index is 10.7. The Labute approximate surface area is 102 Å². The number of hydrogen-bond donors (Lipinski definition) is 1. The van der Waals surface area contributed by atoms with E-state index in [2.05, 4.69) is 21.2 Å². The molecule has 0 heterocycles. The van der Waals surface area contributed by atoms with E-state index in [4.69, 9.17) is 16.3 Å². The molecule has 0 saturated heterocycles. The largest absolute Gasteiger partial charge is 0.496 e. The van der Waals surface area contributed by atoms with E-state index < -0.39 is 0 Å². The molecular weight excluding hydrogens is 281 g/mol. The van der Waals surface area contributed by atoms with Gasteiger partial charge in [-0.2, -0.15) is 0 Å². The minimum absolute atomic E-state index is 0.263. The summed E-state index contributed by atoms with van der Waals surface area (Å²) in [5.74, 6) is 0.721. The predicted molar refractivity (Wildman–Crippen MR) is 63.9 cm³/mol. The number of methoxy groups -OCH3 is 1. The number of halogens is 2. The maximum Gasteiger partial charge on any atom is 0.287 e. The third-order valence-corrected chi connectivity index (χ3v) is 2.67. The van der Waals surface area contributed by atoms with Crippen molar-refractivity contribution in [1.29, 1.82) is 0 Å². The van der Waals surface area contributed by atoms with Crippen molar-refractivity contribution in [3.05, 3.63) is 28.3 Å². The van der Waals surface area contributed by atoms with E-state index in [1.165, 1.54) is 0 Å². The summed E-state index contributed by atoms with van der Waals surface area (Å²) in [4.78, 5) is 10.4. The number of amides is 1. The van der Waals surface area contributed by atoms with Crippen LogP contribution in [0.15, 0.2) is 12.1 Å². The van der Waals surface area contributed by atoms with Crippen molar-refractivity contribution in [3.8, 4) is 5.75 Å². The summed E-state index contributed by atoms with van der Waals surface area (Å²) < 4.78 is 5.19. The van der Waals surface area contributed by atoms with Crippen LogP contribution < -0.4 is 10.1 Å². The lowest BCUT2D eigenvalue weighted by Crippen LogP contribution is -2.15. The lowest BCUT2D eigenvalue weighted by Gasteiger charge is -2.10. The molecule has 0 aromatic heterocycles. The highest BCUT2D eigenvalue weighted by Crippen LogP contribution is 2.26. The highest BCUT2D eigenvalue weighted by molar-refractivity contribution is 9.18. The molecule has 0 atom stereocenters. The number of rotatable bonds is 3. The van der Waals surface area contributed by atoms with E-state index in [-0.39, 0.29) is 4.82 Å². The molecule has 1 aromatic rings. The van der Waals surface area contributed by atoms with Gasteiger partial charge in [-0.3, -0.25) is 4.79 Å². The second-order valence-corrected chi connectivity index (χ2v) is 4.17. The zero-order valence-corrected chi connectivity index (χ0v) is 10.8. The molecule has 0 saturated carbocycles. The molecule has 82 valence electrons. The molecule has 0 bridgehead atoms. The van der Waals surface area contributed by atoms with Crippen LogP contribution in [0.4, 0.5) is 4.79 Å². The van der Waals surface area contributed by atoms with Crippen molar-refractivity contribution in [2.75, 3.05) is 7.11 Å². The van der Waals surface area contributed by atoms with Crippen LogP contribution in [0.1, 0.15) is 11.1 Å². The standard InChI is InChI=1S/C10H11BrClNO2/c1-6-3-9(15-2)7(4-8(6)12)5-13-10(11)14/h3-4H,5H2,1-2H3,(H,13,14). The molecule has 1 aromatic carbocycles. The van der Waals surface area contributed by atoms with Gasteiger partial charge in [-0.1, -0.05) is 11.6 Å². The first-order chi connectivity index (χ1) is 7.04. The number of carbonyl (C=O) groups excluding carboxylic acids is 1. The van der Waals surface area contributed by atoms with Gasteiger partial charge in [-0.05, 0) is 24.6 Å². The molecule has 0 radical (unpaired) electrons. The van der Waals surface area contributed by atoms with E-state index in [9.17, 15) is 4.79 Å². The minimum atomic E-state index is -0.263. The van der Waals surface area contributed by atoms with Crippen LogP contribution >= 0.6 is 27.5 Å². The molecule has 3 nitrogen and oxygen atoms in total. The van der Waals surface area contributed by atoms with Gasteiger partial charge in [0.05, 0.1) is 7.11 Å². The average Bonchev–Trinajstić information content (AvgIpc) is 2.19. The molecule has 0 aliphatic rings. The van der Waals surface area contributed by atoms with Crippen molar-refractivity contribution >= 4 is 32.3 Å². The quantitative estimate of drug-likeness (QED) is 0.686. The molecule has 1 rings (SSSR count). The van der Waals surface area contributed by atoms with Crippen LogP contribution in [0, 0.1) is 6.92 Å². The SMILES string of the molecule is COc1cc(C)c(Cl)cc1CNC(=O)Br. The third-order valence-electron chi connectivity index (χ3n) is 1.98. The first kappa shape index (κ1) is 12.3. The fraction of sp³-hybridized carbons (Fsp3) is 0.300. The van der Waals surface area contributed by atoms with Crippen LogP contribution in [0.3, 0.4) is 0 Å². The lowest BCUT2D eigenvalue weighted by atomic mass is 10.1. The van der Waals surface area contributed by atoms with Gasteiger partial charge in [0.25, 0.3) is 4.82 Å². The van der Waals surface area contributed by atoms with E-state index in [1.54, 1.807) is 13.2 Å². The van der Waals surface area contributed by atoms with Gasteiger partial charge in [0.15, 0.2) is 0 Å². The summed E-state index contributed by atoms with van der Waals surface area (Å²) in [5.41, 5.74) is 1.79. The number of nitrogens with one attached hydrogen (secondary N) is 1. The second-order valence-electron chi connectivity index (χ2n) is 3.04. The summed E-state index contributed by atoms with van der Waals surface area (Å²) >= 11 is 8.77. The Kier molecular flexibility index (Phi) is 4.42. The molecule has 0 fully saturated rings. The van der Waals surface area contributed by atoms with Gasteiger partial charge in [0.1, 0.15) is 5.75 Å². The van der Waals surface area contributed by atoms with Crippen LogP contribution in [0.25, 0.3) is 0 Å². The zero-order chi connectivity index (χ0) is 11.4. The van der Waals surface area contributed by atoms with Crippen LogP contribution in [0.2, 0.25) is 5.02 Å². The summed E-state index contributed by atoms with van der Waals surface area (Å²) in [5, 5.41) is 3.28. The number of carbonyl (C=O) groups is 1. The molecule has 0 aliphatic heterocycles. The van der Waals surface area contributed by atoms with Gasteiger partial charge in [-0.15, -0.1) is 0 Å². The van der Waals surface area contributed by atoms with Crippen molar-refractivity contribution < 1.29 is 9.53 Å². The molecule has 15 heavy (non-hydrogen) atoms. The number of aryl methyl sites for hydroxylation is 1. The monoisotopic (exact) mass is 291 g/mol. The van der Waals surface area contributed by atoms with Crippen molar-refractivity contribution in [1.82, 2.24) is 5.32 Å². The van der Waals surface area contributed by atoms with Gasteiger partial charge in [0.2, 0.25) is 0 Å². The summed E-state index contributed by atoms with van der Waals surface area (Å²) in [6.07, 6.45) is 0. The third kappa shape index (κ3) is 3.39. The lowest BCUT2D eigenvalue weighted by molar-refractivity contribution is 0.261. The maximum atomic E-state index is 10.7. The second kappa shape index (κ2) is 5.37. The predicted octanol–water partition coefficient (Wildman–Crippen LogP) is 3.26. The first-order valence-corrected chi connectivity index (χ1v) is 5.48. The molecule has 1 N–H and O–H groups in total. The Morgan fingerprint density at radius 3 is 2.80 bits per heavy atom.